The lowest BCUT2D eigenvalue weighted by Crippen LogP contribution is -2.33. The van der Waals surface area contributed by atoms with E-state index in [0.29, 0.717) is 37.4 Å². The highest BCUT2D eigenvalue weighted by Crippen LogP contribution is 2.29. The molecule has 1 aromatic carbocycles. The van der Waals surface area contributed by atoms with Gasteiger partial charge >= 0.3 is 0 Å². The molecule has 2 heterocycles. The van der Waals surface area contributed by atoms with Crippen molar-refractivity contribution in [2.75, 3.05) is 26.2 Å². The van der Waals surface area contributed by atoms with E-state index in [0.717, 1.165) is 16.5 Å². The van der Waals surface area contributed by atoms with Crippen molar-refractivity contribution in [2.45, 2.75) is 0 Å². The molecule has 0 saturated carbocycles. The molecule has 2 aromatic rings. The Bertz CT molecular complexity index is 778. The topological polar surface area (TPSA) is 112 Å². The van der Waals surface area contributed by atoms with Crippen LogP contribution in [0.25, 0.3) is 16.5 Å². The molecule has 120 valence electrons. The molecule has 0 fully saturated rings. The maximum atomic E-state index is 12.2. The molecule has 0 bridgehead atoms. The number of carbonyl (C=O) groups is 2. The van der Waals surface area contributed by atoms with Gasteiger partial charge in [-0.15, -0.1) is 0 Å². The van der Waals surface area contributed by atoms with E-state index in [2.05, 4.69) is 20.9 Å². The molecule has 0 aliphatic carbocycles. The average Bonchev–Trinajstić information content (AvgIpc) is 3.08. The molecular formula is C16H19N5O2. The van der Waals surface area contributed by atoms with E-state index in [1.807, 2.05) is 24.3 Å². The first-order valence-corrected chi connectivity index (χ1v) is 7.53. The molecule has 0 saturated heterocycles. The molecule has 1 aliphatic rings. The van der Waals surface area contributed by atoms with Gasteiger partial charge in [0.25, 0.3) is 11.8 Å². The monoisotopic (exact) mass is 313 g/mol. The minimum Gasteiger partial charge on any atom is -0.379 e. The van der Waals surface area contributed by atoms with Gasteiger partial charge in [-0.3, -0.25) is 14.9 Å². The number of aromatic nitrogens is 1. The molecule has 7 nitrogen and oxygen atoms in total. The van der Waals surface area contributed by atoms with Crippen molar-refractivity contribution < 1.29 is 9.59 Å². The molecule has 3 rings (SSSR count). The summed E-state index contributed by atoms with van der Waals surface area (Å²) in [5.41, 5.74) is 7.75. The lowest BCUT2D eigenvalue weighted by Gasteiger charge is -2.08. The third-order valence-electron chi connectivity index (χ3n) is 3.71. The van der Waals surface area contributed by atoms with E-state index in [4.69, 9.17) is 5.73 Å². The number of nitrogens with one attached hydrogen (secondary N) is 4. The Balaban J connectivity index is 1.89. The summed E-state index contributed by atoms with van der Waals surface area (Å²) >= 11 is 0. The van der Waals surface area contributed by atoms with E-state index in [1.165, 1.54) is 0 Å². The number of carbonyl (C=O) groups excluding carboxylic acids is 2. The fourth-order valence-corrected chi connectivity index (χ4v) is 2.66. The van der Waals surface area contributed by atoms with Gasteiger partial charge in [0.1, 0.15) is 5.70 Å². The Morgan fingerprint density at radius 3 is 2.70 bits per heavy atom. The first-order chi connectivity index (χ1) is 11.2. The lowest BCUT2D eigenvalue weighted by molar-refractivity contribution is -0.123. The number of amides is 2. The van der Waals surface area contributed by atoms with Crippen molar-refractivity contribution in [3.05, 3.63) is 41.7 Å². The van der Waals surface area contributed by atoms with Crippen LogP contribution in [0.4, 0.5) is 0 Å². The minimum atomic E-state index is -0.394. The summed E-state index contributed by atoms with van der Waals surface area (Å²) in [6.07, 6.45) is 1.76. The van der Waals surface area contributed by atoms with Crippen LogP contribution in [-0.2, 0) is 9.59 Å². The Morgan fingerprint density at radius 1 is 1.04 bits per heavy atom. The molecule has 2 amide bonds. The van der Waals surface area contributed by atoms with Crippen LogP contribution in [0.2, 0.25) is 0 Å². The summed E-state index contributed by atoms with van der Waals surface area (Å²) in [5.74, 6) is -0.772. The average molecular weight is 313 g/mol. The number of hydrogen-bond donors (Lipinski definition) is 5. The van der Waals surface area contributed by atoms with Gasteiger partial charge in [0.15, 0.2) is 0 Å². The molecule has 6 N–H and O–H groups in total. The predicted octanol–water partition coefficient (Wildman–Crippen LogP) is -0.327. The van der Waals surface area contributed by atoms with Crippen LogP contribution >= 0.6 is 0 Å². The summed E-state index contributed by atoms with van der Waals surface area (Å²) in [5, 5.41) is 9.45. The highest BCUT2D eigenvalue weighted by atomic mass is 16.2. The van der Waals surface area contributed by atoms with E-state index >= 15 is 0 Å². The highest BCUT2D eigenvalue weighted by molar-refractivity contribution is 6.37. The van der Waals surface area contributed by atoms with Gasteiger partial charge < -0.3 is 21.4 Å². The van der Waals surface area contributed by atoms with E-state index in [1.54, 1.807) is 6.20 Å². The molecule has 1 aliphatic heterocycles. The van der Waals surface area contributed by atoms with Crippen molar-refractivity contribution >= 4 is 28.3 Å². The number of rotatable bonds is 7. The Kier molecular flexibility index (Phi) is 4.40. The third kappa shape index (κ3) is 2.96. The van der Waals surface area contributed by atoms with Gasteiger partial charge in [-0.2, -0.15) is 0 Å². The molecule has 23 heavy (non-hydrogen) atoms. The quantitative estimate of drug-likeness (QED) is 0.355. The van der Waals surface area contributed by atoms with Crippen molar-refractivity contribution in [2.24, 2.45) is 5.73 Å². The zero-order chi connectivity index (χ0) is 16.2. The van der Waals surface area contributed by atoms with Crippen LogP contribution in [0.15, 0.2) is 36.2 Å². The molecule has 7 heteroatoms. The zero-order valence-electron chi connectivity index (χ0n) is 12.6. The fraction of sp³-hybridized carbons (Fsp3) is 0.250. The first-order valence-electron chi connectivity index (χ1n) is 7.53. The normalized spacial score (nSPS) is 14.7. The summed E-state index contributed by atoms with van der Waals surface area (Å²) in [6.45, 7) is 2.45. The van der Waals surface area contributed by atoms with Crippen LogP contribution in [0.3, 0.4) is 0 Å². The maximum absolute atomic E-state index is 12.2. The largest absolute Gasteiger partial charge is 0.379 e. The van der Waals surface area contributed by atoms with Crippen LogP contribution in [0.1, 0.15) is 5.56 Å². The molecule has 0 radical (unpaired) electrons. The summed E-state index contributed by atoms with van der Waals surface area (Å²) in [6, 6.07) is 7.67. The molecule has 1 aromatic heterocycles. The number of benzene rings is 1. The molecule has 0 spiro atoms. The second kappa shape index (κ2) is 6.64. The van der Waals surface area contributed by atoms with Crippen LogP contribution < -0.4 is 21.7 Å². The number of fused-ring (bicyclic) bond motifs is 1. The Hall–Kier alpha value is -2.64. The van der Waals surface area contributed by atoms with Crippen molar-refractivity contribution in [1.82, 2.24) is 20.9 Å². The van der Waals surface area contributed by atoms with Crippen LogP contribution in [0.5, 0.6) is 0 Å². The number of H-pyrrole nitrogens is 1. The van der Waals surface area contributed by atoms with Gasteiger partial charge in [-0.1, -0.05) is 18.2 Å². The third-order valence-corrected chi connectivity index (χ3v) is 3.71. The summed E-state index contributed by atoms with van der Waals surface area (Å²) in [4.78, 5) is 27.4. The first kappa shape index (κ1) is 15.3. The predicted molar refractivity (Wildman–Crippen MR) is 88.3 cm³/mol. The number of hydrogen-bond acceptors (Lipinski definition) is 5. The Labute approximate surface area is 133 Å². The second-order valence-corrected chi connectivity index (χ2v) is 5.25. The van der Waals surface area contributed by atoms with Gasteiger partial charge in [0.05, 0.1) is 5.57 Å². The highest BCUT2D eigenvalue weighted by Gasteiger charge is 2.32. The van der Waals surface area contributed by atoms with Gasteiger partial charge in [0, 0.05) is 48.8 Å². The van der Waals surface area contributed by atoms with E-state index in [9.17, 15) is 9.59 Å². The molecule has 0 atom stereocenters. The standard InChI is InChI=1S/C16H19N5O2/c17-5-6-18-7-8-19-14-13(15(22)21-16(14)23)11-9-20-12-4-2-1-3-10(11)12/h1-4,9,18,20H,5-8,17H2,(H2,19,21,22,23). The van der Waals surface area contributed by atoms with Crippen LogP contribution in [0, 0.1) is 0 Å². The maximum Gasteiger partial charge on any atom is 0.275 e. The second-order valence-electron chi connectivity index (χ2n) is 5.25. The number of aromatic amines is 1. The smallest absolute Gasteiger partial charge is 0.275 e. The lowest BCUT2D eigenvalue weighted by atomic mass is 10.0. The number of imide groups is 1. The van der Waals surface area contributed by atoms with Crippen molar-refractivity contribution in [3.63, 3.8) is 0 Å². The van der Waals surface area contributed by atoms with E-state index in [-0.39, 0.29) is 5.91 Å². The number of nitrogens with two attached hydrogens (primary N) is 1. The Morgan fingerprint density at radius 2 is 1.87 bits per heavy atom. The molecular weight excluding hydrogens is 294 g/mol. The fourth-order valence-electron chi connectivity index (χ4n) is 2.66. The number of para-hydroxylation sites is 1. The van der Waals surface area contributed by atoms with Crippen molar-refractivity contribution in [3.8, 4) is 0 Å². The van der Waals surface area contributed by atoms with Crippen LogP contribution in [-0.4, -0.2) is 43.0 Å². The van der Waals surface area contributed by atoms with Gasteiger partial charge in [-0.05, 0) is 6.07 Å². The zero-order valence-corrected chi connectivity index (χ0v) is 12.6. The molecule has 0 unspecified atom stereocenters. The van der Waals surface area contributed by atoms with Gasteiger partial charge in [-0.25, -0.2) is 0 Å². The SMILES string of the molecule is NCCNCCNC1=C(c2c[nH]c3ccccc23)C(=O)NC1=O. The van der Waals surface area contributed by atoms with Gasteiger partial charge in [0.2, 0.25) is 0 Å². The summed E-state index contributed by atoms with van der Waals surface area (Å²) < 4.78 is 0. The van der Waals surface area contributed by atoms with Crippen molar-refractivity contribution in [1.29, 1.82) is 0 Å². The summed E-state index contributed by atoms with van der Waals surface area (Å²) in [7, 11) is 0. The van der Waals surface area contributed by atoms with E-state index < -0.39 is 5.91 Å². The minimum absolute atomic E-state index is 0.314.